The van der Waals surface area contributed by atoms with E-state index < -0.39 is 0 Å². The van der Waals surface area contributed by atoms with E-state index in [1.165, 1.54) is 17.2 Å². The van der Waals surface area contributed by atoms with Crippen molar-refractivity contribution in [1.82, 2.24) is 5.32 Å². The molecule has 1 unspecified atom stereocenters. The molecule has 2 aromatic rings. The third-order valence-corrected chi connectivity index (χ3v) is 3.19. The van der Waals surface area contributed by atoms with Crippen molar-refractivity contribution < 1.29 is 4.74 Å². The maximum atomic E-state index is 5.97. The molecule has 0 bridgehead atoms. The Bertz CT molecular complexity index is 504. The van der Waals surface area contributed by atoms with Crippen LogP contribution in [-0.2, 0) is 0 Å². The van der Waals surface area contributed by atoms with E-state index in [1.54, 1.807) is 0 Å². The Labute approximate surface area is 115 Å². The second kappa shape index (κ2) is 7.15. The molecular weight excluding hydrogens is 234 g/mol. The van der Waals surface area contributed by atoms with Crippen LogP contribution in [0.5, 0.6) is 5.75 Å². The fourth-order valence-corrected chi connectivity index (χ4v) is 2.14. The van der Waals surface area contributed by atoms with Crippen LogP contribution in [0.4, 0.5) is 0 Å². The molecule has 0 aliphatic heterocycles. The van der Waals surface area contributed by atoms with Gasteiger partial charge in [-0.25, -0.2) is 0 Å². The third-order valence-electron chi connectivity index (χ3n) is 3.19. The fraction of sp³-hybridized carbons (Fsp3) is 0.412. The number of benzene rings is 2. The summed E-state index contributed by atoms with van der Waals surface area (Å²) in [6.45, 7) is 7.25. The first-order chi connectivity index (χ1) is 9.31. The van der Waals surface area contributed by atoms with Gasteiger partial charge in [0.2, 0.25) is 0 Å². The fourth-order valence-electron chi connectivity index (χ4n) is 2.14. The zero-order valence-corrected chi connectivity index (χ0v) is 11.9. The van der Waals surface area contributed by atoms with Crippen LogP contribution in [0.1, 0.15) is 20.3 Å². The number of fused-ring (bicyclic) bond motifs is 1. The molecule has 0 aromatic heterocycles. The molecule has 2 heteroatoms. The van der Waals surface area contributed by atoms with Gasteiger partial charge < -0.3 is 10.1 Å². The highest BCUT2D eigenvalue weighted by atomic mass is 16.5. The number of hydrogen-bond donors (Lipinski definition) is 1. The summed E-state index contributed by atoms with van der Waals surface area (Å²) >= 11 is 0. The number of hydrogen-bond acceptors (Lipinski definition) is 2. The van der Waals surface area contributed by atoms with Crippen LogP contribution in [0, 0.1) is 5.92 Å². The molecule has 2 rings (SSSR count). The van der Waals surface area contributed by atoms with Crippen molar-refractivity contribution in [2.75, 3.05) is 19.7 Å². The van der Waals surface area contributed by atoms with Crippen LogP contribution in [0.25, 0.3) is 10.8 Å². The Morgan fingerprint density at radius 3 is 2.74 bits per heavy atom. The first kappa shape index (κ1) is 13.9. The zero-order chi connectivity index (χ0) is 13.5. The molecule has 0 aliphatic carbocycles. The topological polar surface area (TPSA) is 21.3 Å². The highest BCUT2D eigenvalue weighted by Crippen LogP contribution is 2.25. The molecule has 0 aliphatic rings. The summed E-state index contributed by atoms with van der Waals surface area (Å²) < 4.78 is 5.97. The Balaban J connectivity index is 1.94. The normalized spacial score (nSPS) is 12.5. The molecule has 2 nitrogen and oxygen atoms in total. The molecule has 0 fully saturated rings. The minimum atomic E-state index is 0.519. The lowest BCUT2D eigenvalue weighted by Gasteiger charge is -2.15. The first-order valence-electron chi connectivity index (χ1n) is 7.12. The van der Waals surface area contributed by atoms with Gasteiger partial charge in [0, 0.05) is 17.8 Å². The van der Waals surface area contributed by atoms with Crippen LogP contribution in [0.3, 0.4) is 0 Å². The van der Waals surface area contributed by atoms with Crippen molar-refractivity contribution >= 4 is 10.8 Å². The monoisotopic (exact) mass is 257 g/mol. The van der Waals surface area contributed by atoms with Gasteiger partial charge in [-0.15, -0.1) is 0 Å². The molecule has 102 valence electrons. The van der Waals surface area contributed by atoms with Gasteiger partial charge in [0.1, 0.15) is 5.75 Å². The van der Waals surface area contributed by atoms with E-state index in [0.717, 1.165) is 25.4 Å². The summed E-state index contributed by atoms with van der Waals surface area (Å²) in [5.74, 6) is 1.51. The Hall–Kier alpha value is -1.54. The van der Waals surface area contributed by atoms with Crippen LogP contribution in [0.15, 0.2) is 42.5 Å². The van der Waals surface area contributed by atoms with Crippen molar-refractivity contribution in [2.45, 2.75) is 20.3 Å². The van der Waals surface area contributed by atoms with E-state index in [1.807, 2.05) is 0 Å². The lowest BCUT2D eigenvalue weighted by atomic mass is 10.1. The molecule has 0 radical (unpaired) electrons. The van der Waals surface area contributed by atoms with Crippen LogP contribution >= 0.6 is 0 Å². The molecule has 0 heterocycles. The Kier molecular flexibility index (Phi) is 5.22. The predicted octanol–water partition coefficient (Wildman–Crippen LogP) is 3.85. The largest absolute Gasteiger partial charge is 0.493 e. The molecule has 0 saturated heterocycles. The van der Waals surface area contributed by atoms with Crippen LogP contribution in [-0.4, -0.2) is 19.7 Å². The summed E-state index contributed by atoms with van der Waals surface area (Å²) in [5.41, 5.74) is 0. The van der Waals surface area contributed by atoms with E-state index >= 15 is 0 Å². The number of ether oxygens (including phenoxy) is 1. The SMILES string of the molecule is CCCNCC(C)COc1cccc2ccccc12. The standard InChI is InChI=1S/C17H23NO/c1-3-11-18-12-14(2)13-19-17-10-6-8-15-7-4-5-9-16(15)17/h4-10,14,18H,3,11-13H2,1-2H3. The summed E-state index contributed by atoms with van der Waals surface area (Å²) in [7, 11) is 0. The second-order valence-electron chi connectivity index (χ2n) is 5.10. The quantitative estimate of drug-likeness (QED) is 0.761. The maximum absolute atomic E-state index is 5.97. The van der Waals surface area contributed by atoms with Gasteiger partial charge in [-0.1, -0.05) is 50.2 Å². The molecule has 0 spiro atoms. The van der Waals surface area contributed by atoms with E-state index in [0.29, 0.717) is 5.92 Å². The smallest absolute Gasteiger partial charge is 0.127 e. The van der Waals surface area contributed by atoms with Gasteiger partial charge in [0.05, 0.1) is 6.61 Å². The number of nitrogens with one attached hydrogen (secondary N) is 1. The zero-order valence-electron chi connectivity index (χ0n) is 11.9. The van der Waals surface area contributed by atoms with Crippen molar-refractivity contribution in [2.24, 2.45) is 5.92 Å². The van der Waals surface area contributed by atoms with Crippen LogP contribution in [0.2, 0.25) is 0 Å². The van der Waals surface area contributed by atoms with Crippen molar-refractivity contribution in [3.05, 3.63) is 42.5 Å². The average molecular weight is 257 g/mol. The van der Waals surface area contributed by atoms with Gasteiger partial charge >= 0.3 is 0 Å². The molecule has 0 saturated carbocycles. The summed E-state index contributed by atoms with van der Waals surface area (Å²) in [5, 5.41) is 5.85. The van der Waals surface area contributed by atoms with Crippen molar-refractivity contribution in [3.63, 3.8) is 0 Å². The summed E-state index contributed by atoms with van der Waals surface area (Å²) in [6.07, 6.45) is 1.18. The third kappa shape index (κ3) is 3.97. The maximum Gasteiger partial charge on any atom is 0.127 e. The van der Waals surface area contributed by atoms with Crippen molar-refractivity contribution in [1.29, 1.82) is 0 Å². The lowest BCUT2D eigenvalue weighted by molar-refractivity contribution is 0.258. The minimum absolute atomic E-state index is 0.519. The summed E-state index contributed by atoms with van der Waals surface area (Å²) in [4.78, 5) is 0. The van der Waals surface area contributed by atoms with Crippen molar-refractivity contribution in [3.8, 4) is 5.75 Å². The Morgan fingerprint density at radius 1 is 1.11 bits per heavy atom. The van der Waals surface area contributed by atoms with E-state index in [9.17, 15) is 0 Å². The van der Waals surface area contributed by atoms with Gasteiger partial charge in [0.25, 0.3) is 0 Å². The second-order valence-corrected chi connectivity index (χ2v) is 5.10. The molecule has 19 heavy (non-hydrogen) atoms. The molecule has 1 N–H and O–H groups in total. The average Bonchev–Trinajstić information content (AvgIpc) is 2.45. The highest BCUT2D eigenvalue weighted by Gasteiger charge is 2.05. The van der Waals surface area contributed by atoms with Gasteiger partial charge in [-0.3, -0.25) is 0 Å². The molecular formula is C17H23NO. The van der Waals surface area contributed by atoms with E-state index in [-0.39, 0.29) is 0 Å². The molecule has 1 atom stereocenters. The minimum Gasteiger partial charge on any atom is -0.493 e. The predicted molar refractivity (Wildman–Crippen MR) is 81.8 cm³/mol. The van der Waals surface area contributed by atoms with Gasteiger partial charge in [0.15, 0.2) is 0 Å². The van der Waals surface area contributed by atoms with Gasteiger partial charge in [-0.05, 0) is 24.4 Å². The molecule has 2 aromatic carbocycles. The lowest BCUT2D eigenvalue weighted by Crippen LogP contribution is -2.25. The van der Waals surface area contributed by atoms with E-state index in [4.69, 9.17) is 4.74 Å². The first-order valence-corrected chi connectivity index (χ1v) is 7.12. The summed E-state index contributed by atoms with van der Waals surface area (Å²) in [6, 6.07) is 14.6. The Morgan fingerprint density at radius 2 is 1.89 bits per heavy atom. The van der Waals surface area contributed by atoms with E-state index in [2.05, 4.69) is 61.6 Å². The molecule has 0 amide bonds. The highest BCUT2D eigenvalue weighted by molar-refractivity contribution is 5.88. The van der Waals surface area contributed by atoms with Crippen LogP contribution < -0.4 is 10.1 Å². The number of rotatable bonds is 7. The van der Waals surface area contributed by atoms with Gasteiger partial charge in [-0.2, -0.15) is 0 Å².